The van der Waals surface area contributed by atoms with E-state index in [1.807, 2.05) is 25.1 Å². The molecule has 0 saturated heterocycles. The van der Waals surface area contributed by atoms with Gasteiger partial charge in [0, 0.05) is 24.5 Å². The van der Waals surface area contributed by atoms with E-state index in [4.69, 9.17) is 4.74 Å². The Kier molecular flexibility index (Phi) is 6.16. The Bertz CT molecular complexity index is 1220. The lowest BCUT2D eigenvalue weighted by molar-refractivity contribution is 0.262. The zero-order valence-corrected chi connectivity index (χ0v) is 18.8. The van der Waals surface area contributed by atoms with Gasteiger partial charge in [0.1, 0.15) is 5.75 Å². The average Bonchev–Trinajstić information content (AvgIpc) is 2.79. The second-order valence-electron chi connectivity index (χ2n) is 7.69. The molecule has 0 saturated carbocycles. The molecule has 0 bridgehead atoms. The van der Waals surface area contributed by atoms with Crippen LogP contribution in [-0.4, -0.2) is 32.4 Å². The summed E-state index contributed by atoms with van der Waals surface area (Å²) in [6.07, 6.45) is 0.624. The van der Waals surface area contributed by atoms with Gasteiger partial charge in [0.25, 0.3) is 0 Å². The number of amides is 2. The van der Waals surface area contributed by atoms with Crippen LogP contribution in [0.4, 0.5) is 16.2 Å². The molecule has 1 heterocycles. The van der Waals surface area contributed by atoms with Crippen LogP contribution in [0.1, 0.15) is 16.7 Å². The molecule has 1 aliphatic heterocycles. The Hall–Kier alpha value is -3.36. The summed E-state index contributed by atoms with van der Waals surface area (Å²) in [5.41, 5.74) is 4.22. The van der Waals surface area contributed by atoms with Gasteiger partial charge in [-0.05, 0) is 73.0 Å². The molecule has 0 spiro atoms. The monoisotopic (exact) mass is 451 g/mol. The van der Waals surface area contributed by atoms with Gasteiger partial charge in [0.05, 0.1) is 12.0 Å². The van der Waals surface area contributed by atoms with E-state index in [9.17, 15) is 13.2 Å². The molecule has 166 valence electrons. The number of carbonyl (C=O) groups excluding carboxylic acids is 1. The summed E-state index contributed by atoms with van der Waals surface area (Å²) >= 11 is 0. The number of nitrogens with one attached hydrogen (secondary N) is 2. The molecule has 7 nitrogen and oxygen atoms in total. The van der Waals surface area contributed by atoms with E-state index in [1.165, 1.54) is 4.31 Å². The van der Waals surface area contributed by atoms with Gasteiger partial charge in [-0.25, -0.2) is 13.2 Å². The normalized spacial score (nSPS) is 13.8. The molecule has 3 aromatic carbocycles. The summed E-state index contributed by atoms with van der Waals surface area (Å²) in [6, 6.07) is 19.1. The third-order valence-corrected chi connectivity index (χ3v) is 7.31. The van der Waals surface area contributed by atoms with Crippen molar-refractivity contribution >= 4 is 27.4 Å². The number of hydrogen-bond donors (Lipinski definition) is 2. The van der Waals surface area contributed by atoms with Gasteiger partial charge in [0.15, 0.2) is 0 Å². The number of nitrogens with zero attached hydrogens (tertiary/aromatic N) is 1. The third kappa shape index (κ3) is 4.76. The smallest absolute Gasteiger partial charge is 0.323 e. The number of sulfonamides is 1. The van der Waals surface area contributed by atoms with Crippen molar-refractivity contribution in [2.24, 2.45) is 0 Å². The second kappa shape index (κ2) is 9.02. The molecule has 0 aliphatic carbocycles. The van der Waals surface area contributed by atoms with Crippen molar-refractivity contribution in [2.45, 2.75) is 24.8 Å². The SMILES string of the molecule is COc1ccc(NC(=O)Nc2ccc3c(c2)CN(S(=O)(=O)c2ccc(C)cc2)CC3)cc1. The Morgan fingerprint density at radius 3 is 2.25 bits per heavy atom. The molecule has 0 radical (unpaired) electrons. The van der Waals surface area contributed by atoms with E-state index in [2.05, 4.69) is 10.6 Å². The highest BCUT2D eigenvalue weighted by Gasteiger charge is 2.28. The average molecular weight is 452 g/mol. The maximum absolute atomic E-state index is 13.1. The van der Waals surface area contributed by atoms with Crippen LogP contribution in [0.3, 0.4) is 0 Å². The quantitative estimate of drug-likeness (QED) is 0.602. The highest BCUT2D eigenvalue weighted by Crippen LogP contribution is 2.27. The van der Waals surface area contributed by atoms with E-state index >= 15 is 0 Å². The van der Waals surface area contributed by atoms with Crippen molar-refractivity contribution < 1.29 is 17.9 Å². The first-order valence-electron chi connectivity index (χ1n) is 10.3. The molecule has 0 aromatic heterocycles. The summed E-state index contributed by atoms with van der Waals surface area (Å²) < 4.78 is 32.7. The number of carbonyl (C=O) groups is 1. The number of benzene rings is 3. The molecule has 3 aromatic rings. The van der Waals surface area contributed by atoms with Crippen LogP contribution < -0.4 is 15.4 Å². The van der Waals surface area contributed by atoms with Gasteiger partial charge in [-0.2, -0.15) is 4.31 Å². The molecule has 0 unspecified atom stereocenters. The molecule has 0 atom stereocenters. The van der Waals surface area contributed by atoms with E-state index in [-0.39, 0.29) is 12.6 Å². The van der Waals surface area contributed by atoms with Crippen LogP contribution in [0.15, 0.2) is 71.6 Å². The van der Waals surface area contributed by atoms with E-state index in [1.54, 1.807) is 55.6 Å². The predicted octanol–water partition coefficient (Wildman–Crippen LogP) is 4.39. The standard InChI is InChI=1S/C24H25N3O4S/c1-17-3-11-23(12-4-17)32(29,30)27-14-13-18-5-6-21(15-19(18)16-27)26-24(28)25-20-7-9-22(31-2)10-8-20/h3-12,15H,13-14,16H2,1-2H3,(H2,25,26,28). The maximum atomic E-state index is 13.1. The van der Waals surface area contributed by atoms with Crippen molar-refractivity contribution in [1.82, 2.24) is 4.31 Å². The lowest BCUT2D eigenvalue weighted by atomic mass is 10.0. The van der Waals surface area contributed by atoms with Crippen LogP contribution in [-0.2, 0) is 23.0 Å². The minimum absolute atomic E-state index is 0.265. The van der Waals surface area contributed by atoms with Gasteiger partial charge in [-0.15, -0.1) is 0 Å². The van der Waals surface area contributed by atoms with Gasteiger partial charge >= 0.3 is 6.03 Å². The molecule has 8 heteroatoms. The first kappa shape index (κ1) is 21.9. The van der Waals surface area contributed by atoms with Crippen LogP contribution in [0.25, 0.3) is 0 Å². The predicted molar refractivity (Wildman–Crippen MR) is 125 cm³/mol. The number of methoxy groups -OCH3 is 1. The second-order valence-corrected chi connectivity index (χ2v) is 9.63. The third-order valence-electron chi connectivity index (χ3n) is 5.45. The zero-order chi connectivity index (χ0) is 22.7. The fourth-order valence-electron chi connectivity index (χ4n) is 3.64. The molecule has 0 fully saturated rings. The summed E-state index contributed by atoms with van der Waals surface area (Å²) in [5, 5.41) is 5.58. The highest BCUT2D eigenvalue weighted by atomic mass is 32.2. The number of aryl methyl sites for hydroxylation is 1. The first-order valence-corrected chi connectivity index (χ1v) is 11.7. The Morgan fingerprint density at radius 1 is 0.906 bits per heavy atom. The Labute approximate surface area is 188 Å². The molecular formula is C24H25N3O4S. The topological polar surface area (TPSA) is 87.7 Å². The minimum Gasteiger partial charge on any atom is -0.497 e. The summed E-state index contributed by atoms with van der Waals surface area (Å²) in [4.78, 5) is 12.7. The van der Waals surface area contributed by atoms with Gasteiger partial charge in [0.2, 0.25) is 10.0 Å². The lowest BCUT2D eigenvalue weighted by Gasteiger charge is -2.28. The van der Waals surface area contributed by atoms with Crippen molar-refractivity contribution in [3.8, 4) is 5.75 Å². The van der Waals surface area contributed by atoms with E-state index < -0.39 is 10.0 Å². The Morgan fingerprint density at radius 2 is 1.56 bits per heavy atom. The molecule has 2 amide bonds. The fourth-order valence-corrected chi connectivity index (χ4v) is 5.06. The van der Waals surface area contributed by atoms with Crippen LogP contribution in [0, 0.1) is 6.92 Å². The van der Waals surface area contributed by atoms with Gasteiger partial charge < -0.3 is 15.4 Å². The zero-order valence-electron chi connectivity index (χ0n) is 18.0. The summed E-state index contributed by atoms with van der Waals surface area (Å²) in [6.45, 7) is 2.61. The first-order chi connectivity index (χ1) is 15.3. The van der Waals surface area contributed by atoms with E-state index in [0.29, 0.717) is 35.0 Å². The molecule has 4 rings (SSSR count). The van der Waals surface area contributed by atoms with Crippen molar-refractivity contribution in [2.75, 3.05) is 24.3 Å². The van der Waals surface area contributed by atoms with Crippen LogP contribution in [0.2, 0.25) is 0 Å². The minimum atomic E-state index is -3.58. The number of hydrogen-bond acceptors (Lipinski definition) is 4. The number of ether oxygens (including phenoxy) is 1. The lowest BCUT2D eigenvalue weighted by Crippen LogP contribution is -2.36. The number of rotatable bonds is 5. The van der Waals surface area contributed by atoms with Crippen LogP contribution >= 0.6 is 0 Å². The molecular weight excluding hydrogens is 426 g/mol. The summed E-state index contributed by atoms with van der Waals surface area (Å²) in [7, 11) is -2.00. The maximum Gasteiger partial charge on any atom is 0.323 e. The van der Waals surface area contributed by atoms with Crippen molar-refractivity contribution in [3.63, 3.8) is 0 Å². The fraction of sp³-hybridized carbons (Fsp3) is 0.208. The van der Waals surface area contributed by atoms with Crippen molar-refractivity contribution in [3.05, 3.63) is 83.4 Å². The van der Waals surface area contributed by atoms with Crippen LogP contribution in [0.5, 0.6) is 5.75 Å². The van der Waals surface area contributed by atoms with Gasteiger partial charge in [-0.1, -0.05) is 23.8 Å². The van der Waals surface area contributed by atoms with Gasteiger partial charge in [-0.3, -0.25) is 0 Å². The molecule has 32 heavy (non-hydrogen) atoms. The number of urea groups is 1. The Balaban J connectivity index is 1.46. The van der Waals surface area contributed by atoms with Crippen molar-refractivity contribution in [1.29, 1.82) is 0 Å². The molecule has 1 aliphatic rings. The van der Waals surface area contributed by atoms with E-state index in [0.717, 1.165) is 16.7 Å². The molecule has 2 N–H and O–H groups in total. The number of fused-ring (bicyclic) bond motifs is 1. The number of anilines is 2. The highest BCUT2D eigenvalue weighted by molar-refractivity contribution is 7.89. The largest absolute Gasteiger partial charge is 0.497 e. The summed E-state index contributed by atoms with van der Waals surface area (Å²) in [5.74, 6) is 0.704.